The van der Waals surface area contributed by atoms with E-state index in [1.54, 1.807) is 0 Å². The Morgan fingerprint density at radius 3 is 2.45 bits per heavy atom. The summed E-state index contributed by atoms with van der Waals surface area (Å²) < 4.78 is 50.5. The van der Waals surface area contributed by atoms with Crippen LogP contribution in [0.2, 0.25) is 10.0 Å². The molecule has 2 rings (SSSR count). The maximum atomic E-state index is 12.8. The fraction of sp³-hybridized carbons (Fsp3) is 0.364. The van der Waals surface area contributed by atoms with Gasteiger partial charge in [0.25, 0.3) is 0 Å². The van der Waals surface area contributed by atoms with E-state index in [0.717, 1.165) is 11.2 Å². The van der Waals surface area contributed by atoms with Gasteiger partial charge in [-0.15, -0.1) is 0 Å². The molecule has 0 bridgehead atoms. The minimum atomic E-state index is -3.55. The number of halogens is 4. The smallest absolute Gasteiger partial charge is 0.283 e. The van der Waals surface area contributed by atoms with Gasteiger partial charge in [0.15, 0.2) is 0 Å². The third-order valence-corrected chi connectivity index (χ3v) is 4.02. The molecular formula is C11H12Cl2F2N4O2S. The number of hydrazone groups is 1. The number of benzene rings is 1. The van der Waals surface area contributed by atoms with Crippen molar-refractivity contribution in [2.45, 2.75) is 13.5 Å². The second kappa shape index (κ2) is 6.05. The highest BCUT2D eigenvalue weighted by Crippen LogP contribution is 2.36. The number of amidine groups is 1. The SMILES string of the molecule is CC1=NN(c2cc(NS(C)(=O)=O)c(Cl)cc2Cl)CN1C(F)F. The Morgan fingerprint density at radius 2 is 1.95 bits per heavy atom. The molecule has 0 radical (unpaired) electrons. The molecule has 0 saturated carbocycles. The van der Waals surface area contributed by atoms with Crippen molar-refractivity contribution in [3.63, 3.8) is 0 Å². The number of anilines is 2. The van der Waals surface area contributed by atoms with E-state index in [1.165, 1.54) is 24.1 Å². The van der Waals surface area contributed by atoms with Gasteiger partial charge in [-0.2, -0.15) is 13.9 Å². The molecule has 11 heteroatoms. The standard InChI is InChI=1S/C11H12Cl2F2N4O2S/c1-6-16-19(5-18(6)11(14)15)10-4-9(17-22(2,20)21)7(12)3-8(10)13/h3-4,11,17H,5H2,1-2H3. The van der Waals surface area contributed by atoms with Crippen molar-refractivity contribution in [3.8, 4) is 0 Å². The summed E-state index contributed by atoms with van der Waals surface area (Å²) in [5.74, 6) is 0.124. The highest BCUT2D eigenvalue weighted by Gasteiger charge is 2.28. The molecular weight excluding hydrogens is 361 g/mol. The van der Waals surface area contributed by atoms with Crippen molar-refractivity contribution >= 4 is 50.4 Å². The molecule has 22 heavy (non-hydrogen) atoms. The zero-order chi connectivity index (χ0) is 16.7. The predicted molar refractivity (Wildman–Crippen MR) is 83.2 cm³/mol. The molecule has 0 amide bonds. The second-order valence-corrected chi connectivity index (χ2v) is 7.16. The molecule has 1 aliphatic rings. The maximum absolute atomic E-state index is 12.8. The lowest BCUT2D eigenvalue weighted by Gasteiger charge is -2.21. The first-order chi connectivity index (χ1) is 10.1. The van der Waals surface area contributed by atoms with E-state index in [2.05, 4.69) is 9.82 Å². The van der Waals surface area contributed by atoms with Crippen LogP contribution in [0.15, 0.2) is 17.2 Å². The molecule has 0 spiro atoms. The van der Waals surface area contributed by atoms with Crippen LogP contribution in [0.5, 0.6) is 0 Å². The van der Waals surface area contributed by atoms with Crippen molar-refractivity contribution < 1.29 is 17.2 Å². The number of hydrogen-bond donors (Lipinski definition) is 1. The Kier molecular flexibility index (Phi) is 4.69. The normalized spacial score (nSPS) is 15.5. The fourth-order valence-corrected chi connectivity index (χ4v) is 3.01. The van der Waals surface area contributed by atoms with Gasteiger partial charge >= 0.3 is 6.55 Å². The zero-order valence-electron chi connectivity index (χ0n) is 11.5. The van der Waals surface area contributed by atoms with Gasteiger partial charge in [-0.1, -0.05) is 23.2 Å². The van der Waals surface area contributed by atoms with E-state index < -0.39 is 16.6 Å². The molecule has 0 aromatic heterocycles. The minimum absolute atomic E-state index is 0.0878. The Hall–Kier alpha value is -1.32. The lowest BCUT2D eigenvalue weighted by molar-refractivity contribution is 0.0268. The van der Waals surface area contributed by atoms with Crippen molar-refractivity contribution in [1.82, 2.24) is 4.90 Å². The molecule has 0 aliphatic carbocycles. The first-order valence-electron chi connectivity index (χ1n) is 5.93. The molecule has 1 aliphatic heterocycles. The molecule has 1 aromatic rings. The van der Waals surface area contributed by atoms with Crippen molar-refractivity contribution in [3.05, 3.63) is 22.2 Å². The van der Waals surface area contributed by atoms with Gasteiger partial charge in [0, 0.05) is 0 Å². The Balaban J connectivity index is 2.38. The largest absolute Gasteiger partial charge is 0.317 e. The molecule has 0 unspecified atom stereocenters. The van der Waals surface area contributed by atoms with Crippen LogP contribution in [0, 0.1) is 0 Å². The number of alkyl halides is 2. The number of nitrogens with zero attached hydrogens (tertiary/aromatic N) is 3. The average Bonchev–Trinajstić information content (AvgIpc) is 2.73. The van der Waals surface area contributed by atoms with E-state index >= 15 is 0 Å². The van der Waals surface area contributed by atoms with Gasteiger partial charge < -0.3 is 0 Å². The van der Waals surface area contributed by atoms with E-state index in [0.29, 0.717) is 0 Å². The van der Waals surface area contributed by atoms with Gasteiger partial charge in [0.05, 0.1) is 27.7 Å². The van der Waals surface area contributed by atoms with Crippen molar-refractivity contribution in [1.29, 1.82) is 0 Å². The number of nitrogens with one attached hydrogen (secondary N) is 1. The molecule has 1 N–H and O–H groups in total. The monoisotopic (exact) mass is 372 g/mol. The van der Waals surface area contributed by atoms with Crippen LogP contribution in [0.1, 0.15) is 6.92 Å². The summed E-state index contributed by atoms with van der Waals surface area (Å²) in [5.41, 5.74) is 0.353. The minimum Gasteiger partial charge on any atom is -0.283 e. The van der Waals surface area contributed by atoms with Crippen LogP contribution in [0.4, 0.5) is 20.2 Å². The molecule has 1 heterocycles. The predicted octanol–water partition coefficient (Wildman–Crippen LogP) is 3.00. The third-order valence-electron chi connectivity index (χ3n) is 2.81. The van der Waals surface area contributed by atoms with Gasteiger partial charge in [-0.3, -0.25) is 9.62 Å². The van der Waals surface area contributed by atoms with Gasteiger partial charge in [0.1, 0.15) is 12.5 Å². The van der Waals surface area contributed by atoms with Crippen molar-refractivity contribution in [2.75, 3.05) is 22.7 Å². The summed E-state index contributed by atoms with van der Waals surface area (Å²) in [6, 6.07) is 2.67. The quantitative estimate of drug-likeness (QED) is 0.825. The van der Waals surface area contributed by atoms with E-state index in [1.807, 2.05) is 0 Å². The highest BCUT2D eigenvalue weighted by atomic mass is 35.5. The molecule has 122 valence electrons. The Labute approximate surface area is 136 Å². The number of hydrogen-bond acceptors (Lipinski definition) is 5. The van der Waals surface area contributed by atoms with Gasteiger partial charge in [0.2, 0.25) is 10.0 Å². The molecule has 1 aromatic carbocycles. The lowest BCUT2D eigenvalue weighted by Crippen LogP contribution is -2.34. The maximum Gasteiger partial charge on any atom is 0.317 e. The second-order valence-electron chi connectivity index (χ2n) is 4.59. The van der Waals surface area contributed by atoms with Crippen LogP contribution < -0.4 is 9.73 Å². The molecule has 0 atom stereocenters. The summed E-state index contributed by atoms with van der Waals surface area (Å²) >= 11 is 12.0. The van der Waals surface area contributed by atoms with Crippen molar-refractivity contribution in [2.24, 2.45) is 5.10 Å². The van der Waals surface area contributed by atoms with E-state index in [9.17, 15) is 17.2 Å². The molecule has 6 nitrogen and oxygen atoms in total. The van der Waals surface area contributed by atoms with Crippen LogP contribution in [0.3, 0.4) is 0 Å². The molecule has 0 fully saturated rings. The first-order valence-corrected chi connectivity index (χ1v) is 8.57. The van der Waals surface area contributed by atoms with Crippen LogP contribution >= 0.6 is 23.2 Å². The Bertz CT molecular complexity index is 727. The molecule has 0 saturated heterocycles. The van der Waals surface area contributed by atoms with E-state index in [4.69, 9.17) is 23.2 Å². The summed E-state index contributed by atoms with van der Waals surface area (Å²) in [7, 11) is -3.55. The Morgan fingerprint density at radius 1 is 1.32 bits per heavy atom. The van der Waals surface area contributed by atoms with Crippen LogP contribution in [-0.4, -0.2) is 38.6 Å². The van der Waals surface area contributed by atoms with Crippen LogP contribution in [-0.2, 0) is 10.0 Å². The fourth-order valence-electron chi connectivity index (χ4n) is 1.86. The topological polar surface area (TPSA) is 65.0 Å². The zero-order valence-corrected chi connectivity index (χ0v) is 13.8. The first kappa shape index (κ1) is 17.0. The lowest BCUT2D eigenvalue weighted by atomic mass is 10.2. The summed E-state index contributed by atoms with van der Waals surface area (Å²) in [4.78, 5) is 0.772. The number of rotatable bonds is 4. The third kappa shape index (κ3) is 3.71. The number of sulfonamides is 1. The summed E-state index contributed by atoms with van der Waals surface area (Å²) in [5, 5.41) is 5.48. The van der Waals surface area contributed by atoms with Crippen LogP contribution in [0.25, 0.3) is 0 Å². The summed E-state index contributed by atoms with van der Waals surface area (Å²) in [6.45, 7) is -1.47. The average molecular weight is 373 g/mol. The summed E-state index contributed by atoms with van der Waals surface area (Å²) in [6.07, 6.45) is 0.967. The highest BCUT2D eigenvalue weighted by molar-refractivity contribution is 7.92. The van der Waals surface area contributed by atoms with E-state index in [-0.39, 0.29) is 33.9 Å². The van der Waals surface area contributed by atoms with Gasteiger partial charge in [-0.25, -0.2) is 13.4 Å². The van der Waals surface area contributed by atoms with Gasteiger partial charge in [-0.05, 0) is 19.1 Å².